The third-order valence-electron chi connectivity index (χ3n) is 14.7. The van der Waals surface area contributed by atoms with Gasteiger partial charge in [0.15, 0.2) is 23.1 Å². The van der Waals surface area contributed by atoms with Crippen molar-refractivity contribution in [2.24, 2.45) is 5.92 Å². The number of nitrogens with one attached hydrogen (secondary N) is 2. The van der Waals surface area contributed by atoms with Crippen molar-refractivity contribution >= 4 is 34.2 Å². The Balaban J connectivity index is 0.00000288. The molecule has 340 valence electrons. The number of hydrogen-bond acceptors (Lipinski definition) is 11. The van der Waals surface area contributed by atoms with Gasteiger partial charge in [-0.25, -0.2) is 23.1 Å². The van der Waals surface area contributed by atoms with Crippen LogP contribution in [0.25, 0.3) is 22.3 Å². The molecule has 17 heteroatoms. The Morgan fingerprint density at radius 3 is 2.46 bits per heavy atom. The van der Waals surface area contributed by atoms with Gasteiger partial charge in [-0.15, -0.1) is 0 Å². The number of likely N-dealkylation sites (tertiary alicyclic amines) is 1. The van der Waals surface area contributed by atoms with E-state index in [-0.39, 0.29) is 45.0 Å². The van der Waals surface area contributed by atoms with Crippen LogP contribution in [0.4, 0.5) is 24.7 Å². The fraction of sp³-hybridized carbons (Fsp3) is 0.587. The van der Waals surface area contributed by atoms with Crippen LogP contribution >= 0.6 is 0 Å². The lowest BCUT2D eigenvalue weighted by Crippen LogP contribution is -2.63. The van der Waals surface area contributed by atoms with Crippen molar-refractivity contribution in [1.29, 1.82) is 0 Å². The normalized spacial score (nSPS) is 26.6. The molecule has 63 heavy (non-hydrogen) atoms. The number of halogens is 3. The summed E-state index contributed by atoms with van der Waals surface area (Å²) in [6.45, 7) is 11.9. The molecule has 0 bridgehead atoms. The van der Waals surface area contributed by atoms with Crippen molar-refractivity contribution in [1.82, 2.24) is 40.2 Å². The van der Waals surface area contributed by atoms with E-state index in [1.807, 2.05) is 13.0 Å². The zero-order valence-corrected chi connectivity index (χ0v) is 36.3. The minimum absolute atomic E-state index is 0. The standard InChI is InChI=1S/C46H57F3N10O4.2H2/c1-28-23-57(39-22-35(50-27-51-39)42-31-20-37(63-44(2)10-11-44)33(47)21-34(31)53-54-42)18-19-58(28)26-46(49)12-16-55(17-13-46)24-29-8-14-56(15-9-29)36-5-4-30-32(41(36)48)25-59(43(30)61)38-6-7-40(60)52-45(38,3)62;;/h4-5,20-22,27-29,38,62H,6-19,23-26H2,1-3H3,(H,52,60)(H,53,54);2*1H/t28-,38?,45?;;/m0../s1. The SMILES string of the molecule is C[C@H]1CN(c2cc(-c3n[nH]c4cc(F)c(OC5(C)CC5)cc34)ncn2)CCN1CC1(F)CCN(CC2CCN(c3ccc4c(c3F)CN(C3CCC(=O)NC3(C)O)C4=O)CC2)CC1.[HH].[HH]. The Morgan fingerprint density at radius 2 is 1.73 bits per heavy atom. The van der Waals surface area contributed by atoms with E-state index < -0.39 is 29.1 Å². The zero-order valence-electron chi connectivity index (χ0n) is 36.3. The van der Waals surface area contributed by atoms with Gasteiger partial charge < -0.3 is 34.8 Å². The van der Waals surface area contributed by atoms with Gasteiger partial charge in [-0.1, -0.05) is 0 Å². The Bertz CT molecular complexity index is 2420. The second kappa shape index (κ2) is 15.9. The van der Waals surface area contributed by atoms with Crippen molar-refractivity contribution in [2.75, 3.05) is 68.7 Å². The van der Waals surface area contributed by atoms with Crippen LogP contribution in [0.2, 0.25) is 0 Å². The van der Waals surface area contributed by atoms with Crippen LogP contribution in [-0.2, 0) is 11.3 Å². The molecule has 0 radical (unpaired) electrons. The summed E-state index contributed by atoms with van der Waals surface area (Å²) >= 11 is 0. The lowest BCUT2D eigenvalue weighted by atomic mass is 9.89. The van der Waals surface area contributed by atoms with Crippen molar-refractivity contribution in [2.45, 2.75) is 108 Å². The van der Waals surface area contributed by atoms with Crippen LogP contribution in [0.5, 0.6) is 5.75 Å². The number of nitrogens with zero attached hydrogens (tertiary/aromatic N) is 8. The van der Waals surface area contributed by atoms with Gasteiger partial charge in [0.1, 0.15) is 29.1 Å². The summed E-state index contributed by atoms with van der Waals surface area (Å²) in [5.74, 6) is -0.00545. The number of aromatic nitrogens is 4. The number of benzene rings is 2. The molecule has 2 aromatic carbocycles. The van der Waals surface area contributed by atoms with E-state index in [1.165, 1.54) is 24.2 Å². The number of H-pyrrole nitrogens is 1. The van der Waals surface area contributed by atoms with Crippen LogP contribution in [-0.4, -0.2) is 140 Å². The number of fused-ring (bicyclic) bond motifs is 2. The number of amides is 2. The summed E-state index contributed by atoms with van der Waals surface area (Å²) in [6, 6.07) is 7.89. The molecule has 0 spiro atoms. The van der Waals surface area contributed by atoms with E-state index in [4.69, 9.17) is 4.74 Å². The molecule has 4 saturated heterocycles. The van der Waals surface area contributed by atoms with E-state index in [1.54, 1.807) is 18.2 Å². The summed E-state index contributed by atoms with van der Waals surface area (Å²) in [4.78, 5) is 44.8. The Kier molecular flexibility index (Phi) is 10.6. The summed E-state index contributed by atoms with van der Waals surface area (Å²) in [5.41, 5.74) is -0.231. The highest BCUT2D eigenvalue weighted by atomic mass is 19.1. The van der Waals surface area contributed by atoms with Gasteiger partial charge in [0.25, 0.3) is 5.91 Å². The smallest absolute Gasteiger partial charge is 0.255 e. The first kappa shape index (κ1) is 42.0. The number of anilines is 2. The molecule has 5 fully saturated rings. The average molecular weight is 875 g/mol. The van der Waals surface area contributed by atoms with Crippen molar-refractivity contribution in [3.63, 3.8) is 0 Å². The Hall–Kier alpha value is -5.00. The first-order chi connectivity index (χ1) is 30.1. The van der Waals surface area contributed by atoms with E-state index in [2.05, 4.69) is 52.0 Å². The highest BCUT2D eigenvalue weighted by Gasteiger charge is 2.47. The largest absolute Gasteiger partial charge is 0.484 e. The number of aliphatic hydroxyl groups is 1. The number of piperazine rings is 1. The maximum absolute atomic E-state index is 16.5. The number of hydrogen-bond donors (Lipinski definition) is 3. The van der Waals surface area contributed by atoms with Crippen LogP contribution in [0.15, 0.2) is 36.7 Å². The molecular weight excluding hydrogens is 814 g/mol. The summed E-state index contributed by atoms with van der Waals surface area (Å²) < 4.78 is 53.4. The molecule has 3 atom stereocenters. The van der Waals surface area contributed by atoms with Crippen LogP contribution in [0.1, 0.15) is 90.9 Å². The molecule has 14 nitrogen and oxygen atoms in total. The number of alkyl halides is 1. The molecule has 1 aliphatic carbocycles. The second-order valence-corrected chi connectivity index (χ2v) is 19.5. The van der Waals surface area contributed by atoms with Gasteiger partial charge in [-0.2, -0.15) is 5.10 Å². The number of carbonyl (C=O) groups is 2. The fourth-order valence-corrected chi connectivity index (χ4v) is 10.6. The third kappa shape index (κ3) is 8.20. The predicted molar refractivity (Wildman–Crippen MR) is 235 cm³/mol. The number of piperidine rings is 3. The van der Waals surface area contributed by atoms with E-state index >= 15 is 8.78 Å². The number of carbonyl (C=O) groups excluding carboxylic acids is 2. The van der Waals surface area contributed by atoms with Gasteiger partial charge in [0.05, 0.1) is 29.5 Å². The van der Waals surface area contributed by atoms with Crippen LogP contribution in [0.3, 0.4) is 0 Å². The monoisotopic (exact) mass is 874 g/mol. The predicted octanol–water partition coefficient (Wildman–Crippen LogP) is 5.90. The molecule has 6 aliphatic rings. The van der Waals surface area contributed by atoms with Crippen molar-refractivity contribution < 1.29 is 35.5 Å². The van der Waals surface area contributed by atoms with Crippen molar-refractivity contribution in [3.05, 3.63) is 59.4 Å². The fourth-order valence-electron chi connectivity index (χ4n) is 10.6. The summed E-state index contributed by atoms with van der Waals surface area (Å²) in [6.07, 6.45) is 6.59. The lowest BCUT2D eigenvalue weighted by Gasteiger charge is -2.45. The Labute approximate surface area is 368 Å². The minimum atomic E-state index is -1.59. The van der Waals surface area contributed by atoms with Gasteiger partial charge in [0.2, 0.25) is 5.91 Å². The average Bonchev–Trinajstić information content (AvgIpc) is 3.69. The topological polar surface area (TPSA) is 146 Å². The molecule has 2 amide bonds. The van der Waals surface area contributed by atoms with Crippen LogP contribution < -0.4 is 19.9 Å². The van der Waals surface area contributed by atoms with E-state index in [0.29, 0.717) is 111 Å². The third-order valence-corrected chi connectivity index (χ3v) is 14.7. The number of rotatable bonds is 10. The highest BCUT2D eigenvalue weighted by Crippen LogP contribution is 2.42. The van der Waals surface area contributed by atoms with E-state index in [0.717, 1.165) is 43.4 Å². The molecule has 7 heterocycles. The summed E-state index contributed by atoms with van der Waals surface area (Å²) in [5, 5.41) is 21.6. The van der Waals surface area contributed by atoms with Gasteiger partial charge in [0, 0.05) is 103 Å². The van der Waals surface area contributed by atoms with Crippen LogP contribution in [0, 0.1) is 17.6 Å². The van der Waals surface area contributed by atoms with Gasteiger partial charge >= 0.3 is 0 Å². The molecule has 10 rings (SSSR count). The van der Waals surface area contributed by atoms with E-state index in [9.17, 15) is 19.1 Å². The molecule has 1 saturated carbocycles. The zero-order chi connectivity index (χ0) is 43.8. The minimum Gasteiger partial charge on any atom is -0.484 e. The molecule has 2 unspecified atom stereocenters. The second-order valence-electron chi connectivity index (χ2n) is 19.5. The lowest BCUT2D eigenvalue weighted by molar-refractivity contribution is -0.139. The first-order valence-electron chi connectivity index (χ1n) is 22.6. The highest BCUT2D eigenvalue weighted by molar-refractivity contribution is 5.99. The molecule has 5 aliphatic heterocycles. The number of aromatic amines is 1. The molecule has 4 aromatic rings. The summed E-state index contributed by atoms with van der Waals surface area (Å²) in [7, 11) is 0. The quantitative estimate of drug-likeness (QED) is 0.175. The maximum Gasteiger partial charge on any atom is 0.255 e. The molecular formula is C46H61F3N10O4. The molecule has 2 aromatic heterocycles. The van der Waals surface area contributed by atoms with Gasteiger partial charge in [-0.3, -0.25) is 19.6 Å². The first-order valence-corrected chi connectivity index (χ1v) is 22.6. The van der Waals surface area contributed by atoms with Crippen molar-refractivity contribution in [3.8, 4) is 17.1 Å². The van der Waals surface area contributed by atoms with Gasteiger partial charge in [-0.05, 0) is 89.8 Å². The maximum atomic E-state index is 16.5. The number of ether oxygens (including phenoxy) is 1. The molecule has 3 N–H and O–H groups in total. The Morgan fingerprint density at radius 1 is 0.952 bits per heavy atom.